The Bertz CT molecular complexity index is 61.1. The predicted octanol–water partition coefficient (Wildman–Crippen LogP) is 1.60. The van der Waals surface area contributed by atoms with Crippen molar-refractivity contribution >= 4 is 21.1 Å². The number of ether oxygens (including phenoxy) is 2. The quantitative estimate of drug-likeness (QED) is 0.490. The van der Waals surface area contributed by atoms with Crippen molar-refractivity contribution in [3.63, 3.8) is 0 Å². The third-order valence-electron chi connectivity index (χ3n) is 1.40. The zero-order chi connectivity index (χ0) is 8.36. The zero-order valence-corrected chi connectivity index (χ0v) is 10.4. The molecule has 0 aromatic heterocycles. The van der Waals surface area contributed by atoms with Crippen molar-refractivity contribution in [2.75, 3.05) is 27.4 Å². The summed E-state index contributed by atoms with van der Waals surface area (Å²) in [6.07, 6.45) is 2.55. The van der Waals surface area contributed by atoms with Crippen LogP contribution in [0, 0.1) is 0 Å². The van der Waals surface area contributed by atoms with Crippen LogP contribution in [0.2, 0.25) is 8.87 Å². The summed E-state index contributed by atoms with van der Waals surface area (Å²) in [5, 5.41) is 0. The van der Waals surface area contributed by atoms with Gasteiger partial charge in [0.25, 0.3) is 0 Å². The van der Waals surface area contributed by atoms with Crippen LogP contribution in [0.15, 0.2) is 0 Å². The van der Waals surface area contributed by atoms with Crippen molar-refractivity contribution in [2.24, 2.45) is 0 Å². The molecule has 0 unspecified atom stereocenters. The summed E-state index contributed by atoms with van der Waals surface area (Å²) in [5.41, 5.74) is 0. The second-order valence-electron chi connectivity index (χ2n) is 2.44. The summed E-state index contributed by atoms with van der Waals surface area (Å²) < 4.78 is 12.9. The standard InChI is InChI=1S/2C4H9O.Sn/c2*1-3-4-5-2;/h2*1,3-4H2,2H3;. The summed E-state index contributed by atoms with van der Waals surface area (Å²) in [6.45, 7) is 1.90. The molecule has 0 saturated carbocycles. The van der Waals surface area contributed by atoms with Gasteiger partial charge in [0, 0.05) is 0 Å². The van der Waals surface area contributed by atoms with Crippen molar-refractivity contribution in [1.82, 2.24) is 0 Å². The van der Waals surface area contributed by atoms with Gasteiger partial charge in [-0.15, -0.1) is 0 Å². The molecule has 0 spiro atoms. The molecular formula is C8H18O2Sn. The average Bonchev–Trinajstić information content (AvgIpc) is 2.03. The van der Waals surface area contributed by atoms with Gasteiger partial charge in [0.15, 0.2) is 0 Å². The van der Waals surface area contributed by atoms with Crippen molar-refractivity contribution in [2.45, 2.75) is 21.7 Å². The van der Waals surface area contributed by atoms with Crippen LogP contribution in [-0.2, 0) is 9.47 Å². The van der Waals surface area contributed by atoms with E-state index in [2.05, 4.69) is 0 Å². The van der Waals surface area contributed by atoms with E-state index in [0.717, 1.165) is 13.2 Å². The van der Waals surface area contributed by atoms with Gasteiger partial charge in [0.1, 0.15) is 0 Å². The van der Waals surface area contributed by atoms with Crippen LogP contribution >= 0.6 is 0 Å². The second-order valence-corrected chi connectivity index (χ2v) is 6.72. The topological polar surface area (TPSA) is 18.5 Å². The molecule has 0 heterocycles. The summed E-state index contributed by atoms with van der Waals surface area (Å²) in [7, 11) is 3.55. The van der Waals surface area contributed by atoms with Gasteiger partial charge in [-0.25, -0.2) is 0 Å². The predicted molar refractivity (Wildman–Crippen MR) is 48.4 cm³/mol. The summed E-state index contributed by atoms with van der Waals surface area (Å²) in [6, 6.07) is 0. The zero-order valence-electron chi connectivity index (χ0n) is 7.56. The Labute approximate surface area is 79.9 Å². The van der Waals surface area contributed by atoms with E-state index in [4.69, 9.17) is 9.47 Å². The van der Waals surface area contributed by atoms with Gasteiger partial charge in [-0.05, 0) is 0 Å². The van der Waals surface area contributed by atoms with E-state index >= 15 is 0 Å². The Balaban J connectivity index is 2.69. The van der Waals surface area contributed by atoms with E-state index in [9.17, 15) is 0 Å². The number of hydrogen-bond donors (Lipinski definition) is 0. The van der Waals surface area contributed by atoms with Crippen LogP contribution in [0.3, 0.4) is 0 Å². The fourth-order valence-electron chi connectivity index (χ4n) is 0.808. The van der Waals surface area contributed by atoms with Crippen molar-refractivity contribution < 1.29 is 9.47 Å². The molecule has 0 atom stereocenters. The molecule has 3 heteroatoms. The van der Waals surface area contributed by atoms with E-state index in [0.29, 0.717) is 0 Å². The average molecular weight is 265 g/mol. The monoisotopic (exact) mass is 266 g/mol. The molecule has 11 heavy (non-hydrogen) atoms. The van der Waals surface area contributed by atoms with Gasteiger partial charge >= 0.3 is 79.8 Å². The van der Waals surface area contributed by atoms with Gasteiger partial charge in [0.2, 0.25) is 0 Å². The minimum atomic E-state index is -0.0361. The van der Waals surface area contributed by atoms with Crippen LogP contribution in [0.25, 0.3) is 0 Å². The molecule has 0 amide bonds. The van der Waals surface area contributed by atoms with Gasteiger partial charge in [-0.3, -0.25) is 0 Å². The first-order valence-corrected chi connectivity index (χ1v) is 8.14. The van der Waals surface area contributed by atoms with Crippen LogP contribution in [-0.4, -0.2) is 48.6 Å². The van der Waals surface area contributed by atoms with Crippen LogP contribution < -0.4 is 0 Å². The molecule has 0 rings (SSSR count). The van der Waals surface area contributed by atoms with E-state index in [-0.39, 0.29) is 21.1 Å². The van der Waals surface area contributed by atoms with Crippen molar-refractivity contribution in [3.8, 4) is 0 Å². The Morgan fingerprint density at radius 3 is 1.73 bits per heavy atom. The van der Waals surface area contributed by atoms with Crippen LogP contribution in [0.5, 0.6) is 0 Å². The van der Waals surface area contributed by atoms with Gasteiger partial charge in [-0.2, -0.15) is 0 Å². The minimum absolute atomic E-state index is 0.0361. The molecule has 0 saturated heterocycles. The van der Waals surface area contributed by atoms with E-state index in [1.807, 2.05) is 0 Å². The second kappa shape index (κ2) is 10.7. The molecule has 0 aromatic carbocycles. The Morgan fingerprint density at radius 2 is 1.36 bits per heavy atom. The third-order valence-corrected chi connectivity index (χ3v) is 5.44. The van der Waals surface area contributed by atoms with Crippen molar-refractivity contribution in [3.05, 3.63) is 0 Å². The number of hydrogen-bond acceptors (Lipinski definition) is 2. The van der Waals surface area contributed by atoms with E-state index in [1.54, 1.807) is 14.2 Å². The van der Waals surface area contributed by atoms with Crippen LogP contribution in [0.1, 0.15) is 12.8 Å². The normalized spacial score (nSPS) is 10.4. The molecule has 2 radical (unpaired) electrons. The molecule has 0 bridgehead atoms. The van der Waals surface area contributed by atoms with Gasteiger partial charge < -0.3 is 0 Å². The Morgan fingerprint density at radius 1 is 0.909 bits per heavy atom. The van der Waals surface area contributed by atoms with Gasteiger partial charge in [-0.1, -0.05) is 0 Å². The summed E-state index contributed by atoms with van der Waals surface area (Å²) >= 11 is -0.0361. The van der Waals surface area contributed by atoms with Crippen LogP contribution in [0.4, 0.5) is 0 Å². The third kappa shape index (κ3) is 10.7. The Kier molecular flexibility index (Phi) is 11.4. The molecule has 66 valence electrons. The summed E-state index contributed by atoms with van der Waals surface area (Å²) in [4.78, 5) is 0. The maximum atomic E-state index is 4.97. The first-order valence-electron chi connectivity index (χ1n) is 4.10. The molecule has 0 aliphatic heterocycles. The molecule has 0 aliphatic rings. The number of methoxy groups -OCH3 is 2. The molecule has 0 N–H and O–H groups in total. The van der Waals surface area contributed by atoms with Crippen molar-refractivity contribution in [1.29, 1.82) is 0 Å². The molecule has 0 aliphatic carbocycles. The van der Waals surface area contributed by atoms with E-state index in [1.165, 1.54) is 21.7 Å². The molecule has 2 nitrogen and oxygen atoms in total. The summed E-state index contributed by atoms with van der Waals surface area (Å²) in [5.74, 6) is 0. The molecule has 0 aromatic rings. The molecule has 0 fully saturated rings. The maximum absolute atomic E-state index is 4.97. The fourth-order valence-corrected chi connectivity index (χ4v) is 3.77. The first-order chi connectivity index (χ1) is 5.41. The van der Waals surface area contributed by atoms with E-state index < -0.39 is 0 Å². The molecular weight excluding hydrogens is 247 g/mol. The fraction of sp³-hybridized carbons (Fsp3) is 1.00. The van der Waals surface area contributed by atoms with Gasteiger partial charge in [0.05, 0.1) is 0 Å². The Hall–Kier alpha value is 0.719. The number of rotatable bonds is 8. The SMILES string of the molecule is COCC[CH2][Sn][CH2]CCOC. The first kappa shape index (κ1) is 11.7.